The van der Waals surface area contributed by atoms with Gasteiger partial charge < -0.3 is 0 Å². The first-order valence-electron chi connectivity index (χ1n) is 18.7. The topological polar surface area (TPSA) is 19.9 Å². The van der Waals surface area contributed by atoms with Crippen molar-refractivity contribution in [2.45, 2.75) is 0 Å². The molecule has 8 aromatic rings. The van der Waals surface area contributed by atoms with Crippen LogP contribution >= 0.6 is 41.2 Å². The molecule has 0 amide bonds. The molecule has 8 aromatic carbocycles. The minimum atomic E-state index is -0.409. The Morgan fingerprint density at radius 2 is 0.362 bits per heavy atom. The van der Waals surface area contributed by atoms with Gasteiger partial charge in [0.15, 0.2) is 0 Å². The second-order valence-corrected chi connectivity index (χ2v) is 22.5. The van der Waals surface area contributed by atoms with Crippen LogP contribution in [0.1, 0.15) is 0 Å². The van der Waals surface area contributed by atoms with Crippen molar-refractivity contribution in [3.63, 3.8) is 0 Å². The molecule has 1 nitrogen and oxygen atoms in total. The second-order valence-electron chi connectivity index (χ2n) is 12.7. The van der Waals surface area contributed by atoms with Crippen LogP contribution in [0, 0.1) is 6.65 Å². The van der Waals surface area contributed by atoms with E-state index in [4.69, 9.17) is 14.2 Å². The SMILES string of the molecule is [C-]#[O+].[Cl][Re].c1ccc(P(CP(c2ccccc2)c2ccccc2)c2ccccc2)cc1.c1ccc(P(CP(c2ccccc2)c2ccccc2)c2ccccc2)cc1. The average Bonchev–Trinajstić information content (AvgIpc) is 3.33. The Balaban J connectivity index is 0.000000204. The second kappa shape index (κ2) is 26.3. The Kier molecular flexibility index (Phi) is 20.5. The third-order valence-electron chi connectivity index (χ3n) is 9.11. The van der Waals surface area contributed by atoms with Crippen LogP contribution in [0.2, 0.25) is 0 Å². The van der Waals surface area contributed by atoms with Crippen LogP contribution in [0.5, 0.6) is 0 Å². The number of hydrogen-bond acceptors (Lipinski definition) is 0. The van der Waals surface area contributed by atoms with E-state index in [0.29, 0.717) is 0 Å². The third kappa shape index (κ3) is 13.6. The van der Waals surface area contributed by atoms with E-state index in [1.54, 1.807) is 0 Å². The van der Waals surface area contributed by atoms with E-state index in [2.05, 4.69) is 249 Å². The molecule has 0 N–H and O–H groups in total. The largest absolute Gasteiger partial charge is 0.0622 e. The maximum atomic E-state index is 7.50. The third-order valence-corrected chi connectivity index (χ3v) is 21.0. The predicted molar refractivity (Wildman–Crippen MR) is 256 cm³/mol. The van der Waals surface area contributed by atoms with Gasteiger partial charge in [-0.2, -0.15) is 0 Å². The van der Waals surface area contributed by atoms with Crippen LogP contribution in [0.4, 0.5) is 0 Å². The minimum Gasteiger partial charge on any atom is -0.0622 e. The van der Waals surface area contributed by atoms with Gasteiger partial charge in [-0.15, -0.1) is 0 Å². The summed E-state index contributed by atoms with van der Waals surface area (Å²) in [5, 5.41) is 11.7. The van der Waals surface area contributed by atoms with Gasteiger partial charge in [-0.05, 0) is 74.1 Å². The molecule has 0 bridgehead atoms. The molecule has 58 heavy (non-hydrogen) atoms. The summed E-state index contributed by atoms with van der Waals surface area (Å²) in [6, 6.07) is 88.3. The normalized spacial score (nSPS) is 10.4. The first kappa shape index (κ1) is 45.3. The zero-order valence-electron chi connectivity index (χ0n) is 32.0. The zero-order chi connectivity index (χ0) is 40.6. The van der Waals surface area contributed by atoms with E-state index >= 15 is 0 Å². The first-order valence-corrected chi connectivity index (χ1v) is 28.2. The van der Waals surface area contributed by atoms with Crippen LogP contribution in [0.3, 0.4) is 0 Å². The molecule has 0 aromatic heterocycles. The summed E-state index contributed by atoms with van der Waals surface area (Å²) in [7, 11) is 3.06. The summed E-state index contributed by atoms with van der Waals surface area (Å²) >= 11 is 1.19. The minimum absolute atomic E-state index is 0.409. The van der Waals surface area contributed by atoms with Crippen LogP contribution in [0.25, 0.3) is 0 Å². The Hall–Kier alpha value is -3.83. The molecule has 0 atom stereocenters. The summed E-state index contributed by atoms with van der Waals surface area (Å²) in [5.41, 5.74) is 0. The van der Waals surface area contributed by atoms with Gasteiger partial charge in [-0.3, -0.25) is 0 Å². The van der Waals surface area contributed by atoms with Gasteiger partial charge in [0.1, 0.15) is 0 Å². The van der Waals surface area contributed by atoms with Gasteiger partial charge in [-0.25, -0.2) is 0 Å². The van der Waals surface area contributed by atoms with Crippen molar-refractivity contribution in [2.75, 3.05) is 11.8 Å². The summed E-state index contributed by atoms with van der Waals surface area (Å²) < 4.78 is 7.50. The molecule has 0 aliphatic rings. The fourth-order valence-electron chi connectivity index (χ4n) is 6.40. The van der Waals surface area contributed by atoms with Gasteiger partial charge in [-0.1, -0.05) is 243 Å². The van der Waals surface area contributed by atoms with Crippen molar-refractivity contribution >= 4 is 83.7 Å². The Labute approximate surface area is 365 Å². The van der Waals surface area contributed by atoms with Crippen molar-refractivity contribution in [3.8, 4) is 0 Å². The van der Waals surface area contributed by atoms with Crippen LogP contribution in [0.15, 0.2) is 243 Å². The molecule has 7 heteroatoms. The fourth-order valence-corrected chi connectivity index (χ4v) is 19.3. The van der Waals surface area contributed by atoms with Crippen LogP contribution < -0.4 is 42.4 Å². The molecule has 0 unspecified atom stereocenters. The van der Waals surface area contributed by atoms with Crippen molar-refractivity contribution in [3.05, 3.63) is 249 Å². The Bertz CT molecular complexity index is 1790. The number of halogens is 1. The quantitative estimate of drug-likeness (QED) is 0.0660. The van der Waals surface area contributed by atoms with E-state index in [1.165, 1.54) is 72.4 Å². The Morgan fingerprint density at radius 1 is 0.259 bits per heavy atom. The predicted octanol–water partition coefficient (Wildman–Crippen LogP) is 11.1. The fraction of sp³-hybridized carbons (Fsp3) is 0.0392. The number of hydrogen-bond donors (Lipinski definition) is 0. The summed E-state index contributed by atoms with van der Waals surface area (Å²) in [6.07, 6.45) is 0. The van der Waals surface area contributed by atoms with Crippen molar-refractivity contribution in [2.24, 2.45) is 0 Å². The number of rotatable bonds is 12. The molecule has 0 heterocycles. The van der Waals surface area contributed by atoms with Gasteiger partial charge in [0.05, 0.1) is 0 Å². The zero-order valence-corrected chi connectivity index (χ0v) is 39.0. The van der Waals surface area contributed by atoms with Gasteiger partial charge in [0.25, 0.3) is 0 Å². The van der Waals surface area contributed by atoms with Gasteiger partial charge >= 0.3 is 39.0 Å². The summed E-state index contributed by atoms with van der Waals surface area (Å²) in [4.78, 5) is 0. The van der Waals surface area contributed by atoms with E-state index in [1.807, 2.05) is 0 Å². The molecule has 288 valence electrons. The molecular weight excluding hydrogens is 974 g/mol. The maximum Gasteiger partial charge on any atom is 0.00405 e. The Morgan fingerprint density at radius 3 is 0.466 bits per heavy atom. The standard InChI is InChI=1S/2C25H22P2.CO.ClH.Re/c2*1-5-13-22(14-6-1)26(23-15-7-2-8-16-23)21-27(24-17-9-3-10-18-24)25-19-11-4-12-20-25;1-2;;/h2*1-20H,21H2;;1H;/q;;;;+1/p-1. The van der Waals surface area contributed by atoms with Crippen molar-refractivity contribution in [1.29, 1.82) is 0 Å². The first-order chi connectivity index (χ1) is 28.8. The molecule has 0 aliphatic carbocycles. The molecule has 0 saturated heterocycles. The molecule has 0 saturated carbocycles. The monoisotopic (exact) mass is 1020 g/mol. The van der Waals surface area contributed by atoms with E-state index in [-0.39, 0.29) is 0 Å². The molecular formula is C51H44ClOP4Re. The van der Waals surface area contributed by atoms with Crippen molar-refractivity contribution < 1.29 is 22.8 Å². The molecule has 0 spiro atoms. The van der Waals surface area contributed by atoms with Crippen LogP contribution in [-0.2, 0) is 22.8 Å². The smallest absolute Gasteiger partial charge is 0.00405 e. The van der Waals surface area contributed by atoms with Crippen LogP contribution in [-0.4, -0.2) is 11.8 Å². The van der Waals surface area contributed by atoms with E-state index < -0.39 is 31.7 Å². The molecule has 0 fully saturated rings. The van der Waals surface area contributed by atoms with Crippen molar-refractivity contribution in [1.82, 2.24) is 0 Å². The molecule has 0 radical (unpaired) electrons. The average molecular weight is 1020 g/mol. The van der Waals surface area contributed by atoms with E-state index in [9.17, 15) is 0 Å². The summed E-state index contributed by atoms with van der Waals surface area (Å²) in [5.74, 6) is 2.35. The summed E-state index contributed by atoms with van der Waals surface area (Å²) in [6.45, 7) is 4.50. The molecule has 0 aliphatic heterocycles. The number of benzene rings is 8. The van der Waals surface area contributed by atoms with Gasteiger partial charge in [0, 0.05) is 11.8 Å². The van der Waals surface area contributed by atoms with E-state index in [0.717, 1.165) is 0 Å². The maximum absolute atomic E-state index is 7.50. The van der Waals surface area contributed by atoms with Gasteiger partial charge in [0.2, 0.25) is 0 Å². The molecule has 8 rings (SSSR count).